The van der Waals surface area contributed by atoms with E-state index in [2.05, 4.69) is 30.9 Å². The highest BCUT2D eigenvalue weighted by Gasteiger charge is 2.23. The minimum absolute atomic E-state index is 0.106. The summed E-state index contributed by atoms with van der Waals surface area (Å²) in [4.78, 5) is 16.6. The fraction of sp³-hybridized carbons (Fsp3) is 0.316. The maximum absolute atomic E-state index is 12.5. The largest absolute Gasteiger partial charge is 0.381 e. The number of rotatable bonds is 5. The van der Waals surface area contributed by atoms with Crippen LogP contribution >= 0.6 is 0 Å². The van der Waals surface area contributed by atoms with Gasteiger partial charge in [0.05, 0.1) is 5.56 Å². The van der Waals surface area contributed by atoms with Crippen LogP contribution in [0.1, 0.15) is 23.2 Å². The van der Waals surface area contributed by atoms with E-state index in [4.69, 9.17) is 4.74 Å². The van der Waals surface area contributed by atoms with E-state index in [-0.39, 0.29) is 28.4 Å². The number of aromatic amines is 1. The molecule has 0 bridgehead atoms. The first-order valence-corrected chi connectivity index (χ1v) is 11.2. The number of benzene rings is 1. The summed E-state index contributed by atoms with van der Waals surface area (Å²) in [6.45, 7) is 1.29. The van der Waals surface area contributed by atoms with Crippen LogP contribution in [0.5, 0.6) is 0 Å². The van der Waals surface area contributed by atoms with Gasteiger partial charge in [0, 0.05) is 37.3 Å². The van der Waals surface area contributed by atoms with Crippen molar-refractivity contribution in [1.29, 1.82) is 0 Å². The normalized spacial score (nSPS) is 15.1. The Morgan fingerprint density at radius 3 is 2.53 bits per heavy atom. The van der Waals surface area contributed by atoms with Gasteiger partial charge in [0.1, 0.15) is 0 Å². The van der Waals surface area contributed by atoms with Crippen LogP contribution in [-0.2, 0) is 14.6 Å². The first-order chi connectivity index (χ1) is 14.4. The molecular weight excluding hydrogens is 408 g/mol. The molecule has 0 spiro atoms. The molecular formula is C19H20N6O4S. The van der Waals surface area contributed by atoms with Crippen LogP contribution in [-0.4, -0.2) is 65.4 Å². The first kappa shape index (κ1) is 20.1. The summed E-state index contributed by atoms with van der Waals surface area (Å²) in [7, 11) is -3.63. The lowest BCUT2D eigenvalue weighted by molar-refractivity contribution is 0.0696. The van der Waals surface area contributed by atoms with E-state index < -0.39 is 9.84 Å². The van der Waals surface area contributed by atoms with E-state index in [1.165, 1.54) is 6.20 Å². The minimum atomic E-state index is -3.63. The quantitative estimate of drug-likeness (QED) is 0.619. The lowest BCUT2D eigenvalue weighted by Crippen LogP contribution is -2.38. The summed E-state index contributed by atoms with van der Waals surface area (Å²) in [5, 5.41) is 16.4. The molecule has 10 nitrogen and oxygen atoms in total. The second kappa shape index (κ2) is 8.28. The predicted octanol–water partition coefficient (Wildman–Crippen LogP) is 1.24. The molecule has 4 rings (SSSR count). The van der Waals surface area contributed by atoms with Crippen molar-refractivity contribution in [3.05, 3.63) is 42.1 Å². The van der Waals surface area contributed by atoms with Gasteiger partial charge in [0.15, 0.2) is 20.7 Å². The minimum Gasteiger partial charge on any atom is -0.381 e. The number of hydrogen-bond donors (Lipinski definition) is 2. The van der Waals surface area contributed by atoms with Crippen molar-refractivity contribution >= 4 is 15.7 Å². The molecule has 156 valence electrons. The molecule has 30 heavy (non-hydrogen) atoms. The van der Waals surface area contributed by atoms with Gasteiger partial charge in [-0.1, -0.05) is 12.1 Å². The van der Waals surface area contributed by atoms with Gasteiger partial charge in [0.2, 0.25) is 0 Å². The fourth-order valence-electron chi connectivity index (χ4n) is 3.37. The van der Waals surface area contributed by atoms with E-state index in [9.17, 15) is 13.2 Å². The molecule has 1 aromatic carbocycles. The van der Waals surface area contributed by atoms with Gasteiger partial charge < -0.3 is 10.1 Å². The molecule has 1 aliphatic heterocycles. The van der Waals surface area contributed by atoms with Gasteiger partial charge in [-0.05, 0) is 52.6 Å². The van der Waals surface area contributed by atoms with E-state index in [0.717, 1.165) is 19.1 Å². The summed E-state index contributed by atoms with van der Waals surface area (Å²) in [5.74, 6) is 0.0412. The Morgan fingerprint density at radius 1 is 1.17 bits per heavy atom. The van der Waals surface area contributed by atoms with Gasteiger partial charge in [-0.15, -0.1) is 5.10 Å². The van der Waals surface area contributed by atoms with E-state index in [0.29, 0.717) is 29.9 Å². The number of nitrogens with zero attached hydrogens (tertiary/aromatic N) is 4. The Labute approximate surface area is 173 Å². The Balaban J connectivity index is 1.67. The van der Waals surface area contributed by atoms with Crippen molar-refractivity contribution in [2.24, 2.45) is 0 Å². The van der Waals surface area contributed by atoms with E-state index in [1.807, 2.05) is 0 Å². The summed E-state index contributed by atoms with van der Waals surface area (Å²) in [6.07, 6.45) is 4.09. The standard InChI is InChI=1S/C19H20N6O4S/c1-30(27,28)19-16(17-22-24-25-23-17)15(6-9-20-19)12-2-4-13(5-3-12)18(26)21-14-7-10-29-11-8-14/h2-6,9,14H,7-8,10-11H2,1H3,(H,21,26)(H,22,23,24,25). The van der Waals surface area contributed by atoms with Crippen LogP contribution in [0, 0.1) is 0 Å². The smallest absolute Gasteiger partial charge is 0.251 e. The molecule has 1 aliphatic rings. The molecule has 1 saturated heterocycles. The molecule has 0 aliphatic carbocycles. The van der Waals surface area contributed by atoms with Crippen LogP contribution in [0.25, 0.3) is 22.5 Å². The molecule has 2 N–H and O–H groups in total. The monoisotopic (exact) mass is 428 g/mol. The van der Waals surface area contributed by atoms with Crippen molar-refractivity contribution in [3.8, 4) is 22.5 Å². The van der Waals surface area contributed by atoms with E-state index >= 15 is 0 Å². The number of carbonyl (C=O) groups excluding carboxylic acids is 1. The van der Waals surface area contributed by atoms with Gasteiger partial charge >= 0.3 is 0 Å². The number of aromatic nitrogens is 5. The van der Waals surface area contributed by atoms with Crippen molar-refractivity contribution in [2.45, 2.75) is 23.9 Å². The number of carbonyl (C=O) groups is 1. The third-order valence-electron chi connectivity index (χ3n) is 4.86. The molecule has 3 heterocycles. The fourth-order valence-corrected chi connectivity index (χ4v) is 4.20. The van der Waals surface area contributed by atoms with Crippen molar-refractivity contribution in [3.63, 3.8) is 0 Å². The summed E-state index contributed by atoms with van der Waals surface area (Å²) < 4.78 is 29.8. The van der Waals surface area contributed by atoms with Gasteiger partial charge in [-0.25, -0.2) is 18.5 Å². The van der Waals surface area contributed by atoms with Crippen LogP contribution < -0.4 is 5.32 Å². The molecule has 0 saturated carbocycles. The third kappa shape index (κ3) is 4.21. The number of ether oxygens (including phenoxy) is 1. The van der Waals surface area contributed by atoms with E-state index in [1.54, 1.807) is 30.3 Å². The topological polar surface area (TPSA) is 140 Å². The Bertz CT molecular complexity index is 1140. The number of nitrogens with one attached hydrogen (secondary N) is 2. The van der Waals surface area contributed by atoms with Gasteiger partial charge in [-0.2, -0.15) is 0 Å². The Kier molecular flexibility index (Phi) is 5.55. The van der Waals surface area contributed by atoms with Gasteiger partial charge in [0.25, 0.3) is 5.91 Å². The highest BCUT2D eigenvalue weighted by atomic mass is 32.2. The SMILES string of the molecule is CS(=O)(=O)c1nccc(-c2ccc(C(=O)NC3CCOCC3)cc2)c1-c1nnn[nH]1. The third-order valence-corrected chi connectivity index (χ3v) is 5.88. The highest BCUT2D eigenvalue weighted by molar-refractivity contribution is 7.90. The molecule has 0 atom stereocenters. The molecule has 2 aromatic heterocycles. The maximum atomic E-state index is 12.5. The number of tetrazole rings is 1. The lowest BCUT2D eigenvalue weighted by Gasteiger charge is -2.23. The zero-order chi connectivity index (χ0) is 21.1. The molecule has 0 unspecified atom stereocenters. The Morgan fingerprint density at radius 2 is 1.90 bits per heavy atom. The summed E-state index contributed by atoms with van der Waals surface area (Å²) in [5.41, 5.74) is 2.09. The summed E-state index contributed by atoms with van der Waals surface area (Å²) in [6, 6.07) is 8.71. The average molecular weight is 428 g/mol. The zero-order valence-corrected chi connectivity index (χ0v) is 17.0. The van der Waals surface area contributed by atoms with Crippen LogP contribution in [0.4, 0.5) is 0 Å². The van der Waals surface area contributed by atoms with Crippen molar-refractivity contribution < 1.29 is 17.9 Å². The first-order valence-electron chi connectivity index (χ1n) is 9.35. The van der Waals surface area contributed by atoms with Crippen LogP contribution in [0.3, 0.4) is 0 Å². The number of pyridine rings is 1. The number of hydrogen-bond acceptors (Lipinski definition) is 8. The number of sulfone groups is 1. The second-order valence-electron chi connectivity index (χ2n) is 7.00. The molecule has 1 fully saturated rings. The van der Waals surface area contributed by atoms with Crippen molar-refractivity contribution in [2.75, 3.05) is 19.5 Å². The predicted molar refractivity (Wildman–Crippen MR) is 107 cm³/mol. The highest BCUT2D eigenvalue weighted by Crippen LogP contribution is 2.34. The van der Waals surface area contributed by atoms with Crippen LogP contribution in [0.2, 0.25) is 0 Å². The Hall–Kier alpha value is -3.18. The van der Waals surface area contributed by atoms with Crippen molar-refractivity contribution in [1.82, 2.24) is 30.9 Å². The molecule has 3 aromatic rings. The second-order valence-corrected chi connectivity index (χ2v) is 8.93. The average Bonchev–Trinajstić information content (AvgIpc) is 3.28. The van der Waals surface area contributed by atoms with Gasteiger partial charge in [-0.3, -0.25) is 4.79 Å². The number of amides is 1. The number of H-pyrrole nitrogens is 1. The molecule has 0 radical (unpaired) electrons. The molecule has 1 amide bonds. The lowest BCUT2D eigenvalue weighted by atomic mass is 9.99. The summed E-state index contributed by atoms with van der Waals surface area (Å²) >= 11 is 0. The zero-order valence-electron chi connectivity index (χ0n) is 16.2. The maximum Gasteiger partial charge on any atom is 0.251 e. The molecule has 11 heteroatoms. The van der Waals surface area contributed by atoms with Crippen LogP contribution in [0.15, 0.2) is 41.6 Å².